The van der Waals surface area contributed by atoms with E-state index >= 15 is 0 Å². The van der Waals surface area contributed by atoms with Crippen molar-refractivity contribution in [3.05, 3.63) is 23.1 Å². The third-order valence-electron chi connectivity index (χ3n) is 4.39. The normalized spacial score (nSPS) is 22.6. The Morgan fingerprint density at radius 3 is 2.87 bits per heavy atom. The fourth-order valence-corrected chi connectivity index (χ4v) is 3.26. The number of aliphatic hydroxyl groups is 1. The molecule has 23 heavy (non-hydrogen) atoms. The number of nitrogens with zero attached hydrogens (tertiary/aromatic N) is 6. The van der Waals surface area contributed by atoms with E-state index in [4.69, 9.17) is 4.52 Å². The fourth-order valence-electron chi connectivity index (χ4n) is 3.26. The minimum atomic E-state index is -0.824. The first-order valence-electron chi connectivity index (χ1n) is 8.12. The maximum Gasteiger partial charge on any atom is 0.229 e. The van der Waals surface area contributed by atoms with E-state index in [1.165, 1.54) is 0 Å². The van der Waals surface area contributed by atoms with Crippen LogP contribution >= 0.6 is 0 Å². The van der Waals surface area contributed by atoms with Crippen LogP contribution in [0.3, 0.4) is 0 Å². The van der Waals surface area contributed by atoms with Gasteiger partial charge in [-0.15, -0.1) is 5.10 Å². The largest absolute Gasteiger partial charge is 0.388 e. The third kappa shape index (κ3) is 3.59. The zero-order chi connectivity index (χ0) is 16.4. The Hall–Kier alpha value is -1.80. The predicted molar refractivity (Wildman–Crippen MR) is 82.6 cm³/mol. The number of hydrogen-bond donors (Lipinski definition) is 1. The van der Waals surface area contributed by atoms with Crippen LogP contribution in [0.2, 0.25) is 0 Å². The van der Waals surface area contributed by atoms with Crippen molar-refractivity contribution in [2.24, 2.45) is 0 Å². The van der Waals surface area contributed by atoms with Gasteiger partial charge in [-0.25, -0.2) is 4.68 Å². The van der Waals surface area contributed by atoms with Gasteiger partial charge in [-0.05, 0) is 40.2 Å². The highest BCUT2D eigenvalue weighted by molar-refractivity contribution is 5.08. The van der Waals surface area contributed by atoms with Gasteiger partial charge in [0.15, 0.2) is 5.82 Å². The van der Waals surface area contributed by atoms with Crippen molar-refractivity contribution in [2.75, 3.05) is 13.1 Å². The zero-order valence-corrected chi connectivity index (χ0v) is 14.0. The number of aryl methyl sites for hydroxylation is 3. The number of piperidine rings is 1. The van der Waals surface area contributed by atoms with Gasteiger partial charge in [0.25, 0.3) is 0 Å². The molecule has 0 amide bonds. The van der Waals surface area contributed by atoms with Gasteiger partial charge in [0, 0.05) is 19.6 Å². The zero-order valence-electron chi connectivity index (χ0n) is 14.0. The highest BCUT2D eigenvalue weighted by atomic mass is 16.5. The standard InChI is InChI=1S/C15H24N6O2/c1-4-21-13(11(2)17-19-21)9-20-7-5-6-15(22,10-20)8-14-16-12(3)18-23-14/h22H,4-10H2,1-3H3. The summed E-state index contributed by atoms with van der Waals surface area (Å²) in [6, 6.07) is 0. The summed E-state index contributed by atoms with van der Waals surface area (Å²) in [6.07, 6.45) is 2.08. The molecule has 3 rings (SSSR count). The lowest BCUT2D eigenvalue weighted by Gasteiger charge is -2.38. The number of aromatic nitrogens is 5. The van der Waals surface area contributed by atoms with Crippen LogP contribution in [-0.2, 0) is 19.5 Å². The van der Waals surface area contributed by atoms with Crippen molar-refractivity contribution in [2.45, 2.75) is 58.7 Å². The van der Waals surface area contributed by atoms with Crippen LogP contribution in [0.15, 0.2) is 4.52 Å². The summed E-state index contributed by atoms with van der Waals surface area (Å²) in [5.74, 6) is 1.10. The first kappa shape index (κ1) is 16.1. The van der Waals surface area contributed by atoms with Crippen LogP contribution in [0, 0.1) is 13.8 Å². The number of likely N-dealkylation sites (tertiary alicyclic amines) is 1. The summed E-state index contributed by atoms with van der Waals surface area (Å²) in [7, 11) is 0. The summed E-state index contributed by atoms with van der Waals surface area (Å²) < 4.78 is 7.09. The van der Waals surface area contributed by atoms with Crippen LogP contribution < -0.4 is 0 Å². The van der Waals surface area contributed by atoms with Gasteiger partial charge < -0.3 is 9.63 Å². The second-order valence-electron chi connectivity index (χ2n) is 6.39. The molecule has 2 aromatic heterocycles. The second-order valence-corrected chi connectivity index (χ2v) is 6.39. The molecular formula is C15H24N6O2. The molecule has 1 atom stereocenters. The highest BCUT2D eigenvalue weighted by Crippen LogP contribution is 2.26. The lowest BCUT2D eigenvalue weighted by atomic mass is 9.89. The Kier molecular flexibility index (Phi) is 4.45. The van der Waals surface area contributed by atoms with Crippen molar-refractivity contribution < 1.29 is 9.63 Å². The molecule has 0 radical (unpaired) electrons. The molecular weight excluding hydrogens is 296 g/mol. The summed E-state index contributed by atoms with van der Waals surface area (Å²) >= 11 is 0. The fraction of sp³-hybridized carbons (Fsp3) is 0.733. The summed E-state index contributed by atoms with van der Waals surface area (Å²) in [6.45, 7) is 8.91. The third-order valence-corrected chi connectivity index (χ3v) is 4.39. The molecule has 0 aliphatic carbocycles. The molecule has 0 aromatic carbocycles. The average molecular weight is 320 g/mol. The molecule has 1 aliphatic heterocycles. The molecule has 1 saturated heterocycles. The SMILES string of the molecule is CCn1nnc(C)c1CN1CCCC(O)(Cc2nc(C)no2)C1. The maximum absolute atomic E-state index is 10.9. The smallest absolute Gasteiger partial charge is 0.229 e. The van der Waals surface area contributed by atoms with Gasteiger partial charge >= 0.3 is 0 Å². The number of hydrogen-bond acceptors (Lipinski definition) is 7. The van der Waals surface area contributed by atoms with Gasteiger partial charge in [0.05, 0.1) is 23.4 Å². The van der Waals surface area contributed by atoms with E-state index in [-0.39, 0.29) is 0 Å². The number of β-amino-alcohol motifs (C(OH)–C–C–N with tert-alkyl or cyclic N) is 1. The maximum atomic E-state index is 10.9. The monoisotopic (exact) mass is 320 g/mol. The quantitative estimate of drug-likeness (QED) is 0.873. The molecule has 2 aromatic rings. The topological polar surface area (TPSA) is 93.1 Å². The van der Waals surface area contributed by atoms with E-state index in [2.05, 4.69) is 32.3 Å². The van der Waals surface area contributed by atoms with Crippen LogP contribution in [0.1, 0.15) is 42.9 Å². The minimum absolute atomic E-state index is 0.397. The average Bonchev–Trinajstić information content (AvgIpc) is 3.05. The van der Waals surface area contributed by atoms with Crippen LogP contribution in [0.4, 0.5) is 0 Å². The lowest BCUT2D eigenvalue weighted by Crippen LogP contribution is -2.49. The summed E-state index contributed by atoms with van der Waals surface area (Å²) in [4.78, 5) is 6.47. The van der Waals surface area contributed by atoms with Crippen LogP contribution in [0.5, 0.6) is 0 Å². The Morgan fingerprint density at radius 1 is 1.35 bits per heavy atom. The molecule has 1 N–H and O–H groups in total. The molecule has 126 valence electrons. The van der Waals surface area contributed by atoms with Crippen molar-refractivity contribution in [3.8, 4) is 0 Å². The second kappa shape index (κ2) is 6.37. The number of rotatable bonds is 5. The molecule has 8 heteroatoms. The van der Waals surface area contributed by atoms with Gasteiger partial charge in [-0.3, -0.25) is 4.90 Å². The molecule has 1 aliphatic rings. The van der Waals surface area contributed by atoms with Crippen LogP contribution in [-0.4, -0.2) is 53.8 Å². The van der Waals surface area contributed by atoms with E-state index in [0.717, 1.165) is 43.9 Å². The van der Waals surface area contributed by atoms with E-state index in [9.17, 15) is 5.11 Å². The van der Waals surface area contributed by atoms with Gasteiger partial charge in [0.2, 0.25) is 5.89 Å². The minimum Gasteiger partial charge on any atom is -0.388 e. The van der Waals surface area contributed by atoms with E-state index < -0.39 is 5.60 Å². The highest BCUT2D eigenvalue weighted by Gasteiger charge is 2.35. The molecule has 1 unspecified atom stereocenters. The van der Waals surface area contributed by atoms with Gasteiger partial charge in [-0.1, -0.05) is 10.4 Å². The van der Waals surface area contributed by atoms with E-state index in [0.29, 0.717) is 24.7 Å². The Bertz CT molecular complexity index is 667. The Balaban J connectivity index is 1.69. The first-order valence-corrected chi connectivity index (χ1v) is 8.12. The van der Waals surface area contributed by atoms with E-state index in [1.807, 2.05) is 11.6 Å². The Morgan fingerprint density at radius 2 is 2.17 bits per heavy atom. The van der Waals surface area contributed by atoms with Crippen molar-refractivity contribution in [1.29, 1.82) is 0 Å². The molecule has 3 heterocycles. The van der Waals surface area contributed by atoms with Gasteiger partial charge in [-0.2, -0.15) is 4.98 Å². The Labute approximate surface area is 135 Å². The summed E-state index contributed by atoms with van der Waals surface area (Å²) in [5.41, 5.74) is 1.24. The van der Waals surface area contributed by atoms with Crippen molar-refractivity contribution >= 4 is 0 Å². The van der Waals surface area contributed by atoms with E-state index in [1.54, 1.807) is 6.92 Å². The molecule has 0 spiro atoms. The van der Waals surface area contributed by atoms with Crippen molar-refractivity contribution in [1.82, 2.24) is 30.0 Å². The van der Waals surface area contributed by atoms with Crippen molar-refractivity contribution in [3.63, 3.8) is 0 Å². The predicted octanol–water partition coefficient (Wildman–Crippen LogP) is 0.867. The molecule has 8 nitrogen and oxygen atoms in total. The lowest BCUT2D eigenvalue weighted by molar-refractivity contribution is -0.0380. The first-order chi connectivity index (χ1) is 11.0. The molecule has 0 bridgehead atoms. The molecule has 1 fully saturated rings. The molecule has 0 saturated carbocycles. The van der Waals surface area contributed by atoms with Gasteiger partial charge in [0.1, 0.15) is 0 Å². The summed E-state index contributed by atoms with van der Waals surface area (Å²) in [5, 5.41) is 23.0. The van der Waals surface area contributed by atoms with Crippen LogP contribution in [0.25, 0.3) is 0 Å².